The molecular formula is C19H18N4O. The van der Waals surface area contributed by atoms with Gasteiger partial charge in [0.05, 0.1) is 17.7 Å². The summed E-state index contributed by atoms with van der Waals surface area (Å²) in [6, 6.07) is 11.9. The second-order valence-corrected chi connectivity index (χ2v) is 6.17. The van der Waals surface area contributed by atoms with Crippen molar-refractivity contribution in [1.29, 1.82) is 5.26 Å². The van der Waals surface area contributed by atoms with Crippen molar-refractivity contribution in [2.75, 3.05) is 18.0 Å². The lowest BCUT2D eigenvalue weighted by Gasteiger charge is -2.32. The molecule has 1 aromatic carbocycles. The molecule has 4 rings (SSSR count). The zero-order valence-electron chi connectivity index (χ0n) is 13.2. The first-order valence-electron chi connectivity index (χ1n) is 8.16. The van der Waals surface area contributed by atoms with Gasteiger partial charge in [0.1, 0.15) is 5.65 Å². The minimum Gasteiger partial charge on any atom is -0.393 e. The van der Waals surface area contributed by atoms with E-state index in [9.17, 15) is 5.11 Å². The first-order chi connectivity index (χ1) is 11.8. The smallest absolute Gasteiger partial charge is 0.139 e. The van der Waals surface area contributed by atoms with Crippen LogP contribution in [0.2, 0.25) is 0 Å². The number of hydrogen-bond donors (Lipinski definition) is 2. The largest absolute Gasteiger partial charge is 0.393 e. The molecule has 1 aliphatic rings. The number of rotatable bonds is 2. The average molecular weight is 318 g/mol. The number of hydrogen-bond acceptors (Lipinski definition) is 4. The Hall–Kier alpha value is -2.84. The molecule has 120 valence electrons. The maximum Gasteiger partial charge on any atom is 0.139 e. The lowest BCUT2D eigenvalue weighted by Crippen LogP contribution is -2.35. The molecule has 1 aliphatic heterocycles. The number of nitriles is 1. The SMILES string of the molecule is N#Cc1cccc(-c2c[nH]c3nccc(N4CCC(O)CC4)c23)c1. The molecule has 0 saturated carbocycles. The average Bonchev–Trinajstić information content (AvgIpc) is 3.07. The predicted octanol–water partition coefficient (Wildman–Crippen LogP) is 3.06. The maximum atomic E-state index is 9.76. The summed E-state index contributed by atoms with van der Waals surface area (Å²) >= 11 is 0. The summed E-state index contributed by atoms with van der Waals surface area (Å²) in [7, 11) is 0. The van der Waals surface area contributed by atoms with Crippen LogP contribution in [0.15, 0.2) is 42.7 Å². The third-order valence-electron chi connectivity index (χ3n) is 4.66. The van der Waals surface area contributed by atoms with Crippen molar-refractivity contribution in [3.63, 3.8) is 0 Å². The van der Waals surface area contributed by atoms with E-state index >= 15 is 0 Å². The van der Waals surface area contributed by atoms with Crippen molar-refractivity contribution in [1.82, 2.24) is 9.97 Å². The van der Waals surface area contributed by atoms with Gasteiger partial charge in [-0.2, -0.15) is 5.26 Å². The molecule has 0 radical (unpaired) electrons. The van der Waals surface area contributed by atoms with Gasteiger partial charge in [0.15, 0.2) is 0 Å². The van der Waals surface area contributed by atoms with Crippen molar-refractivity contribution >= 4 is 16.7 Å². The summed E-state index contributed by atoms with van der Waals surface area (Å²) in [6.07, 6.45) is 5.14. The maximum absolute atomic E-state index is 9.76. The quantitative estimate of drug-likeness (QED) is 0.761. The Bertz CT molecular complexity index is 917. The van der Waals surface area contributed by atoms with Gasteiger partial charge in [-0.3, -0.25) is 0 Å². The second kappa shape index (κ2) is 5.99. The van der Waals surface area contributed by atoms with Crippen LogP contribution < -0.4 is 4.90 Å². The summed E-state index contributed by atoms with van der Waals surface area (Å²) in [4.78, 5) is 9.99. The minimum atomic E-state index is -0.198. The highest BCUT2D eigenvalue weighted by Gasteiger charge is 2.21. The Kier molecular flexibility index (Phi) is 3.68. The van der Waals surface area contributed by atoms with Crippen LogP contribution in [-0.4, -0.2) is 34.3 Å². The summed E-state index contributed by atoms with van der Waals surface area (Å²) in [6.45, 7) is 1.67. The topological polar surface area (TPSA) is 75.9 Å². The fraction of sp³-hybridized carbons (Fsp3) is 0.263. The third-order valence-corrected chi connectivity index (χ3v) is 4.66. The van der Waals surface area contributed by atoms with Crippen LogP contribution in [0.25, 0.3) is 22.2 Å². The summed E-state index contributed by atoms with van der Waals surface area (Å²) in [5, 5.41) is 20.0. The van der Waals surface area contributed by atoms with Crippen LogP contribution in [0, 0.1) is 11.3 Å². The number of nitrogens with zero attached hydrogens (tertiary/aromatic N) is 3. The summed E-state index contributed by atoms with van der Waals surface area (Å²) in [5.41, 5.74) is 4.68. The lowest BCUT2D eigenvalue weighted by atomic mass is 10.0. The van der Waals surface area contributed by atoms with Crippen LogP contribution in [-0.2, 0) is 0 Å². The lowest BCUT2D eigenvalue weighted by molar-refractivity contribution is 0.145. The van der Waals surface area contributed by atoms with Crippen molar-refractivity contribution in [2.24, 2.45) is 0 Å². The summed E-state index contributed by atoms with van der Waals surface area (Å²) in [5.74, 6) is 0. The first-order valence-corrected chi connectivity index (χ1v) is 8.16. The number of aliphatic hydroxyl groups is 1. The number of fused-ring (bicyclic) bond motifs is 1. The number of aromatic amines is 1. The van der Waals surface area contributed by atoms with Gasteiger partial charge >= 0.3 is 0 Å². The zero-order valence-corrected chi connectivity index (χ0v) is 13.2. The van der Waals surface area contributed by atoms with Gasteiger partial charge in [0.2, 0.25) is 0 Å². The minimum absolute atomic E-state index is 0.198. The molecule has 5 nitrogen and oxygen atoms in total. The van der Waals surface area contributed by atoms with E-state index in [0.29, 0.717) is 5.56 Å². The zero-order chi connectivity index (χ0) is 16.5. The van der Waals surface area contributed by atoms with Crippen LogP contribution in [0.4, 0.5) is 5.69 Å². The number of benzene rings is 1. The van der Waals surface area contributed by atoms with E-state index < -0.39 is 0 Å². The van der Waals surface area contributed by atoms with Crippen LogP contribution >= 0.6 is 0 Å². The molecule has 0 bridgehead atoms. The number of nitrogens with one attached hydrogen (secondary N) is 1. The van der Waals surface area contributed by atoms with Crippen LogP contribution in [0.1, 0.15) is 18.4 Å². The van der Waals surface area contributed by atoms with E-state index in [0.717, 1.165) is 53.8 Å². The van der Waals surface area contributed by atoms with E-state index in [2.05, 4.69) is 20.9 Å². The normalized spacial score (nSPS) is 15.6. The van der Waals surface area contributed by atoms with Crippen LogP contribution in [0.3, 0.4) is 0 Å². The molecule has 2 N–H and O–H groups in total. The number of pyridine rings is 1. The van der Waals surface area contributed by atoms with Gasteiger partial charge in [-0.05, 0) is 36.6 Å². The number of anilines is 1. The first kappa shape index (κ1) is 14.7. The third kappa shape index (κ3) is 2.51. The van der Waals surface area contributed by atoms with Crippen molar-refractivity contribution in [2.45, 2.75) is 18.9 Å². The Labute approximate surface area is 140 Å². The highest BCUT2D eigenvalue weighted by Crippen LogP contribution is 2.36. The highest BCUT2D eigenvalue weighted by molar-refractivity contribution is 6.02. The van der Waals surface area contributed by atoms with E-state index in [-0.39, 0.29) is 6.10 Å². The molecule has 0 spiro atoms. The molecule has 1 saturated heterocycles. The number of H-pyrrole nitrogens is 1. The van der Waals surface area contributed by atoms with E-state index in [4.69, 9.17) is 5.26 Å². The second-order valence-electron chi connectivity index (χ2n) is 6.17. The molecule has 0 aliphatic carbocycles. The molecule has 3 aromatic rings. The van der Waals surface area contributed by atoms with Gasteiger partial charge in [0, 0.05) is 42.1 Å². The van der Waals surface area contributed by atoms with E-state index in [1.807, 2.05) is 42.7 Å². The summed E-state index contributed by atoms with van der Waals surface area (Å²) < 4.78 is 0. The number of aromatic nitrogens is 2. The molecule has 2 aromatic heterocycles. The van der Waals surface area contributed by atoms with E-state index in [1.54, 1.807) is 0 Å². The number of aliphatic hydroxyl groups excluding tert-OH is 1. The molecule has 0 atom stereocenters. The molecule has 1 fully saturated rings. The van der Waals surface area contributed by atoms with Gasteiger partial charge in [-0.1, -0.05) is 12.1 Å². The highest BCUT2D eigenvalue weighted by atomic mass is 16.3. The van der Waals surface area contributed by atoms with E-state index in [1.165, 1.54) is 0 Å². The molecule has 5 heteroatoms. The van der Waals surface area contributed by atoms with Crippen molar-refractivity contribution in [3.8, 4) is 17.2 Å². The van der Waals surface area contributed by atoms with Gasteiger partial charge in [-0.15, -0.1) is 0 Å². The Morgan fingerprint density at radius 1 is 1.25 bits per heavy atom. The van der Waals surface area contributed by atoms with Crippen LogP contribution in [0.5, 0.6) is 0 Å². The van der Waals surface area contributed by atoms with Crippen molar-refractivity contribution < 1.29 is 5.11 Å². The molecule has 0 unspecified atom stereocenters. The molecular weight excluding hydrogens is 300 g/mol. The van der Waals surface area contributed by atoms with Gasteiger partial charge < -0.3 is 15.0 Å². The van der Waals surface area contributed by atoms with Gasteiger partial charge in [0.25, 0.3) is 0 Å². The standard InChI is InChI=1S/C19H18N4O/c20-11-13-2-1-3-14(10-13)16-12-22-19-18(16)17(4-7-21-19)23-8-5-15(24)6-9-23/h1-4,7,10,12,15,24H,5-6,8-9H2,(H,21,22). The Morgan fingerprint density at radius 2 is 2.08 bits per heavy atom. The molecule has 24 heavy (non-hydrogen) atoms. The Morgan fingerprint density at radius 3 is 2.88 bits per heavy atom. The van der Waals surface area contributed by atoms with Crippen molar-refractivity contribution in [3.05, 3.63) is 48.3 Å². The van der Waals surface area contributed by atoms with Gasteiger partial charge in [-0.25, -0.2) is 4.98 Å². The number of piperidine rings is 1. The molecule has 0 amide bonds. The predicted molar refractivity (Wildman–Crippen MR) is 93.7 cm³/mol. The fourth-order valence-corrected chi connectivity index (χ4v) is 3.39. The monoisotopic (exact) mass is 318 g/mol. The fourth-order valence-electron chi connectivity index (χ4n) is 3.39. The molecule has 3 heterocycles. The Balaban J connectivity index is 1.84.